The van der Waals surface area contributed by atoms with E-state index in [2.05, 4.69) is 33.8 Å². The monoisotopic (exact) mass is 311 g/mol. The largest absolute Gasteiger partial charge is 0.339 e. The minimum Gasteiger partial charge on any atom is -0.339 e. The fourth-order valence-electron chi connectivity index (χ4n) is 3.52. The molecule has 23 heavy (non-hydrogen) atoms. The number of hydrogen-bond donors (Lipinski definition) is 0. The molecule has 2 aromatic rings. The minimum atomic E-state index is 0.238. The van der Waals surface area contributed by atoms with E-state index in [1.807, 2.05) is 31.3 Å². The molecule has 1 aromatic heterocycles. The lowest BCUT2D eigenvalue weighted by Crippen LogP contribution is -2.33. The van der Waals surface area contributed by atoms with Crippen molar-refractivity contribution in [3.63, 3.8) is 0 Å². The van der Waals surface area contributed by atoms with Gasteiger partial charge in [0.1, 0.15) is 5.82 Å². The molecule has 0 fully saturated rings. The average molecular weight is 311 g/mol. The number of nitrogens with zero attached hydrogens (tertiary/aromatic N) is 3. The summed E-state index contributed by atoms with van der Waals surface area (Å²) >= 11 is 0. The van der Waals surface area contributed by atoms with Crippen LogP contribution in [0.1, 0.15) is 48.7 Å². The van der Waals surface area contributed by atoms with Gasteiger partial charge in [-0.1, -0.05) is 24.3 Å². The Hall–Kier alpha value is -2.10. The van der Waals surface area contributed by atoms with Gasteiger partial charge in [0.15, 0.2) is 0 Å². The summed E-state index contributed by atoms with van der Waals surface area (Å²) < 4.78 is 2.10. The molecule has 1 amide bonds. The predicted molar refractivity (Wildman–Crippen MR) is 91.1 cm³/mol. The van der Waals surface area contributed by atoms with Crippen molar-refractivity contribution in [3.05, 3.63) is 53.6 Å². The number of hydrogen-bond acceptors (Lipinski definition) is 2. The van der Waals surface area contributed by atoms with Crippen molar-refractivity contribution in [3.8, 4) is 0 Å². The number of benzene rings is 1. The predicted octanol–water partition coefficient (Wildman–Crippen LogP) is 3.51. The Kier molecular flexibility index (Phi) is 4.79. The molecule has 1 aromatic carbocycles. The smallest absolute Gasteiger partial charge is 0.222 e. The minimum absolute atomic E-state index is 0.238. The SMILES string of the molecule is Cc1nccn1CCCC(=O)N(C)[C@H]1CCCc2ccccc21. The van der Waals surface area contributed by atoms with Gasteiger partial charge in [0.25, 0.3) is 0 Å². The average Bonchev–Trinajstić information content (AvgIpc) is 2.98. The summed E-state index contributed by atoms with van der Waals surface area (Å²) in [7, 11) is 1.96. The third-order valence-corrected chi connectivity index (χ3v) is 4.91. The van der Waals surface area contributed by atoms with Crippen molar-refractivity contribution in [2.24, 2.45) is 0 Å². The van der Waals surface area contributed by atoms with Gasteiger partial charge in [-0.05, 0) is 43.7 Å². The molecule has 4 heteroatoms. The molecule has 0 unspecified atom stereocenters. The van der Waals surface area contributed by atoms with E-state index in [-0.39, 0.29) is 11.9 Å². The van der Waals surface area contributed by atoms with Crippen molar-refractivity contribution >= 4 is 5.91 Å². The van der Waals surface area contributed by atoms with Crippen LogP contribution < -0.4 is 0 Å². The highest BCUT2D eigenvalue weighted by Crippen LogP contribution is 2.33. The summed E-state index contributed by atoms with van der Waals surface area (Å²) in [6.07, 6.45) is 8.59. The van der Waals surface area contributed by atoms with Crippen LogP contribution >= 0.6 is 0 Å². The second-order valence-corrected chi connectivity index (χ2v) is 6.38. The Bertz CT molecular complexity index is 677. The third kappa shape index (κ3) is 3.46. The van der Waals surface area contributed by atoms with Gasteiger partial charge < -0.3 is 9.47 Å². The molecule has 122 valence electrons. The van der Waals surface area contributed by atoms with E-state index in [0.717, 1.165) is 38.1 Å². The van der Waals surface area contributed by atoms with Crippen LogP contribution in [0.15, 0.2) is 36.7 Å². The fourth-order valence-corrected chi connectivity index (χ4v) is 3.52. The van der Waals surface area contributed by atoms with E-state index in [1.165, 1.54) is 11.1 Å². The zero-order valence-corrected chi connectivity index (χ0v) is 14.0. The lowest BCUT2D eigenvalue weighted by molar-refractivity contribution is -0.132. The molecule has 0 aliphatic heterocycles. The molecule has 0 bridgehead atoms. The van der Waals surface area contributed by atoms with Crippen molar-refractivity contribution in [2.75, 3.05) is 7.05 Å². The van der Waals surface area contributed by atoms with Crippen LogP contribution in [0.3, 0.4) is 0 Å². The quantitative estimate of drug-likeness (QED) is 0.847. The summed E-state index contributed by atoms with van der Waals surface area (Å²) in [4.78, 5) is 18.7. The molecule has 1 aliphatic carbocycles. The highest BCUT2D eigenvalue weighted by molar-refractivity contribution is 5.76. The summed E-state index contributed by atoms with van der Waals surface area (Å²) in [6.45, 7) is 2.85. The molecule has 3 rings (SSSR count). The maximum atomic E-state index is 12.6. The van der Waals surface area contributed by atoms with Gasteiger partial charge in [-0.25, -0.2) is 4.98 Å². The number of amides is 1. The number of carbonyl (C=O) groups is 1. The molecular formula is C19H25N3O. The number of imidazole rings is 1. The lowest BCUT2D eigenvalue weighted by atomic mass is 9.87. The molecule has 0 spiro atoms. The van der Waals surface area contributed by atoms with Gasteiger partial charge in [-0.2, -0.15) is 0 Å². The van der Waals surface area contributed by atoms with Gasteiger partial charge in [0.05, 0.1) is 6.04 Å². The highest BCUT2D eigenvalue weighted by atomic mass is 16.2. The van der Waals surface area contributed by atoms with Crippen molar-refractivity contribution in [1.29, 1.82) is 0 Å². The van der Waals surface area contributed by atoms with Crippen molar-refractivity contribution < 1.29 is 4.79 Å². The van der Waals surface area contributed by atoms with E-state index in [1.54, 1.807) is 0 Å². The Labute approximate surface area is 138 Å². The molecule has 1 aliphatic rings. The molecule has 0 saturated heterocycles. The normalized spacial score (nSPS) is 16.9. The zero-order valence-electron chi connectivity index (χ0n) is 14.0. The molecule has 0 radical (unpaired) electrons. The highest BCUT2D eigenvalue weighted by Gasteiger charge is 2.26. The molecular weight excluding hydrogens is 286 g/mol. The second-order valence-electron chi connectivity index (χ2n) is 6.38. The Morgan fingerprint density at radius 2 is 2.22 bits per heavy atom. The van der Waals surface area contributed by atoms with E-state index in [0.29, 0.717) is 6.42 Å². The number of fused-ring (bicyclic) bond motifs is 1. The van der Waals surface area contributed by atoms with E-state index < -0.39 is 0 Å². The summed E-state index contributed by atoms with van der Waals surface area (Å²) in [5.74, 6) is 1.25. The number of aryl methyl sites for hydroxylation is 3. The second kappa shape index (κ2) is 6.99. The maximum absolute atomic E-state index is 12.6. The Morgan fingerprint density at radius 3 is 3.00 bits per heavy atom. The van der Waals surface area contributed by atoms with Crippen molar-refractivity contribution in [1.82, 2.24) is 14.5 Å². The molecule has 1 atom stereocenters. The first-order valence-electron chi connectivity index (χ1n) is 8.48. The molecule has 4 nitrogen and oxygen atoms in total. The van der Waals surface area contributed by atoms with E-state index in [9.17, 15) is 4.79 Å². The van der Waals surface area contributed by atoms with E-state index >= 15 is 0 Å². The number of aromatic nitrogens is 2. The Balaban J connectivity index is 1.59. The number of carbonyl (C=O) groups excluding carboxylic acids is 1. The zero-order chi connectivity index (χ0) is 16.2. The van der Waals surface area contributed by atoms with E-state index in [4.69, 9.17) is 0 Å². The van der Waals surface area contributed by atoms with Gasteiger partial charge >= 0.3 is 0 Å². The van der Waals surface area contributed by atoms with Gasteiger partial charge in [0, 0.05) is 32.4 Å². The van der Waals surface area contributed by atoms with Crippen molar-refractivity contribution in [2.45, 2.75) is 51.6 Å². The van der Waals surface area contributed by atoms with Crippen LogP contribution in [0.5, 0.6) is 0 Å². The Morgan fingerprint density at radius 1 is 1.39 bits per heavy atom. The standard InChI is InChI=1S/C19H25N3O/c1-15-20-12-14-22(15)13-6-11-19(23)21(2)18-10-5-8-16-7-3-4-9-17(16)18/h3-4,7,9,12,14,18H,5-6,8,10-11,13H2,1-2H3/t18-/m0/s1. The number of rotatable bonds is 5. The summed E-state index contributed by atoms with van der Waals surface area (Å²) in [6, 6.07) is 8.79. The summed E-state index contributed by atoms with van der Waals surface area (Å²) in [5, 5.41) is 0. The first-order valence-corrected chi connectivity index (χ1v) is 8.48. The van der Waals surface area contributed by atoms with Crippen LogP contribution in [0.4, 0.5) is 0 Å². The third-order valence-electron chi connectivity index (χ3n) is 4.91. The van der Waals surface area contributed by atoms with Crippen LogP contribution in [0, 0.1) is 6.92 Å². The van der Waals surface area contributed by atoms with Gasteiger partial charge in [0.2, 0.25) is 5.91 Å². The molecule has 1 heterocycles. The summed E-state index contributed by atoms with van der Waals surface area (Å²) in [5.41, 5.74) is 2.73. The van der Waals surface area contributed by atoms with Crippen LogP contribution in [0.25, 0.3) is 0 Å². The van der Waals surface area contributed by atoms with Crippen LogP contribution in [-0.4, -0.2) is 27.4 Å². The first-order chi connectivity index (χ1) is 11.2. The molecule has 0 saturated carbocycles. The first kappa shape index (κ1) is 15.8. The fraction of sp³-hybridized carbons (Fsp3) is 0.474. The van der Waals surface area contributed by atoms with Gasteiger partial charge in [-0.15, -0.1) is 0 Å². The maximum Gasteiger partial charge on any atom is 0.222 e. The van der Waals surface area contributed by atoms with Crippen LogP contribution in [-0.2, 0) is 17.8 Å². The molecule has 0 N–H and O–H groups in total. The van der Waals surface area contributed by atoms with Gasteiger partial charge in [-0.3, -0.25) is 4.79 Å². The van der Waals surface area contributed by atoms with Crippen LogP contribution in [0.2, 0.25) is 0 Å². The topological polar surface area (TPSA) is 38.1 Å². The lowest BCUT2D eigenvalue weighted by Gasteiger charge is -2.33.